The zero-order valence-electron chi connectivity index (χ0n) is 16.9. The maximum atomic E-state index is 13.1. The van der Waals surface area contributed by atoms with Crippen molar-refractivity contribution >= 4 is 40.4 Å². The summed E-state index contributed by atoms with van der Waals surface area (Å²) in [5.74, 6) is -2.11. The van der Waals surface area contributed by atoms with Crippen LogP contribution < -0.4 is 4.90 Å². The second-order valence-electron chi connectivity index (χ2n) is 7.32. The average Bonchev–Trinajstić information content (AvgIpc) is 3.06. The van der Waals surface area contributed by atoms with Crippen LogP contribution in [0.15, 0.2) is 78.4 Å². The molecule has 160 valence electrons. The third kappa shape index (κ3) is 3.63. The van der Waals surface area contributed by atoms with Crippen LogP contribution in [-0.4, -0.2) is 21.7 Å². The number of carbonyl (C=O) groups is 2. The standard InChI is InChI=1S/C24H17ClN2O5/c1-14-10-11-17(13-19(14)25)26-21(16-8-5-9-18(12-16)27(31)32)20(23(29)24(26)30)22(28)15-6-3-2-4-7-15/h2-13,21,28H,1H3/b22-20+. The summed E-state index contributed by atoms with van der Waals surface area (Å²) >= 11 is 6.26. The first-order valence-electron chi connectivity index (χ1n) is 9.66. The Hall–Kier alpha value is -3.97. The number of benzene rings is 3. The topological polar surface area (TPSA) is 101 Å². The molecule has 1 aliphatic rings. The maximum Gasteiger partial charge on any atom is 0.300 e. The summed E-state index contributed by atoms with van der Waals surface area (Å²) in [6.07, 6.45) is 0. The van der Waals surface area contributed by atoms with Gasteiger partial charge in [-0.1, -0.05) is 60.1 Å². The number of rotatable bonds is 4. The number of Topliss-reactive ketones (excluding diaryl/α,β-unsaturated/α-hetero) is 1. The molecule has 0 spiro atoms. The van der Waals surface area contributed by atoms with Crippen molar-refractivity contribution in [2.45, 2.75) is 13.0 Å². The van der Waals surface area contributed by atoms with Gasteiger partial charge < -0.3 is 5.11 Å². The summed E-state index contributed by atoms with van der Waals surface area (Å²) in [4.78, 5) is 38.2. The van der Waals surface area contributed by atoms with Crippen LogP contribution in [-0.2, 0) is 9.59 Å². The number of halogens is 1. The van der Waals surface area contributed by atoms with Gasteiger partial charge in [-0.15, -0.1) is 0 Å². The van der Waals surface area contributed by atoms with Crippen molar-refractivity contribution in [3.05, 3.63) is 110 Å². The lowest BCUT2D eigenvalue weighted by molar-refractivity contribution is -0.384. The first kappa shape index (κ1) is 21.3. The molecule has 1 fully saturated rings. The summed E-state index contributed by atoms with van der Waals surface area (Å²) in [6.45, 7) is 1.80. The number of amides is 1. The van der Waals surface area contributed by atoms with Gasteiger partial charge in [-0.3, -0.25) is 24.6 Å². The predicted octanol–water partition coefficient (Wildman–Crippen LogP) is 5.18. The van der Waals surface area contributed by atoms with Gasteiger partial charge in [0.05, 0.1) is 16.5 Å². The van der Waals surface area contributed by atoms with Crippen LogP contribution in [0.4, 0.5) is 11.4 Å². The Kier molecular flexibility index (Phi) is 5.50. The molecular weight excluding hydrogens is 432 g/mol. The number of anilines is 1. The van der Waals surface area contributed by atoms with E-state index in [-0.39, 0.29) is 17.0 Å². The van der Waals surface area contributed by atoms with Gasteiger partial charge >= 0.3 is 0 Å². The summed E-state index contributed by atoms with van der Waals surface area (Å²) in [6, 6.07) is 17.8. The molecule has 1 unspecified atom stereocenters. The minimum atomic E-state index is -1.08. The molecule has 3 aromatic carbocycles. The molecule has 4 rings (SSSR count). The Morgan fingerprint density at radius 3 is 2.41 bits per heavy atom. The third-order valence-electron chi connectivity index (χ3n) is 5.32. The van der Waals surface area contributed by atoms with Gasteiger partial charge in [0.15, 0.2) is 0 Å². The molecule has 1 aliphatic heterocycles. The molecular formula is C24H17ClN2O5. The quantitative estimate of drug-likeness (QED) is 0.195. The number of ketones is 1. The van der Waals surface area contributed by atoms with Crippen LogP contribution >= 0.6 is 11.6 Å². The Balaban J connectivity index is 1.98. The largest absolute Gasteiger partial charge is 0.507 e. The summed E-state index contributed by atoms with van der Waals surface area (Å²) in [5.41, 5.74) is 1.43. The fourth-order valence-corrected chi connectivity index (χ4v) is 3.88. The lowest BCUT2D eigenvalue weighted by Gasteiger charge is -2.25. The van der Waals surface area contributed by atoms with Crippen molar-refractivity contribution in [2.75, 3.05) is 4.90 Å². The van der Waals surface area contributed by atoms with Gasteiger partial charge in [-0.25, -0.2) is 0 Å². The number of carbonyl (C=O) groups excluding carboxylic acids is 2. The van der Waals surface area contributed by atoms with E-state index in [1.807, 2.05) is 0 Å². The number of aliphatic hydroxyl groups excluding tert-OH is 1. The molecule has 3 aromatic rings. The van der Waals surface area contributed by atoms with E-state index >= 15 is 0 Å². The second kappa shape index (κ2) is 8.28. The number of nitro benzene ring substituents is 1. The first-order chi connectivity index (χ1) is 15.3. The fourth-order valence-electron chi connectivity index (χ4n) is 3.71. The van der Waals surface area contributed by atoms with Gasteiger partial charge in [-0.05, 0) is 30.2 Å². The number of aryl methyl sites for hydroxylation is 1. The van der Waals surface area contributed by atoms with Crippen LogP contribution in [0.5, 0.6) is 0 Å². The number of nitrogens with zero attached hydrogens (tertiary/aromatic N) is 2. The molecule has 32 heavy (non-hydrogen) atoms. The lowest BCUT2D eigenvalue weighted by atomic mass is 9.95. The number of nitro groups is 1. The minimum Gasteiger partial charge on any atom is -0.507 e. The van der Waals surface area contributed by atoms with Crippen LogP contribution in [0, 0.1) is 17.0 Å². The smallest absolute Gasteiger partial charge is 0.300 e. The highest BCUT2D eigenvalue weighted by atomic mass is 35.5. The minimum absolute atomic E-state index is 0.154. The van der Waals surface area contributed by atoms with Gasteiger partial charge in [0, 0.05) is 28.4 Å². The van der Waals surface area contributed by atoms with Crippen molar-refractivity contribution < 1.29 is 19.6 Å². The molecule has 1 atom stereocenters. The first-order valence-corrected chi connectivity index (χ1v) is 10.0. The zero-order chi connectivity index (χ0) is 23.0. The van der Waals surface area contributed by atoms with Crippen molar-refractivity contribution in [3.63, 3.8) is 0 Å². The van der Waals surface area contributed by atoms with E-state index in [0.717, 1.165) is 5.56 Å². The van der Waals surface area contributed by atoms with Gasteiger partial charge in [-0.2, -0.15) is 0 Å². The second-order valence-corrected chi connectivity index (χ2v) is 7.73. The SMILES string of the molecule is Cc1ccc(N2C(=O)C(=O)/C(=C(/O)c3ccccc3)C2c2cccc([N+](=O)[O-])c2)cc1Cl. The Morgan fingerprint density at radius 1 is 1.03 bits per heavy atom. The highest BCUT2D eigenvalue weighted by molar-refractivity contribution is 6.51. The fraction of sp³-hybridized carbons (Fsp3) is 0.0833. The normalized spacial score (nSPS) is 17.6. The lowest BCUT2D eigenvalue weighted by Crippen LogP contribution is -2.29. The number of hydrogen-bond acceptors (Lipinski definition) is 5. The summed E-state index contributed by atoms with van der Waals surface area (Å²) < 4.78 is 0. The van der Waals surface area contributed by atoms with Crippen LogP contribution in [0.3, 0.4) is 0 Å². The molecule has 8 heteroatoms. The highest BCUT2D eigenvalue weighted by Crippen LogP contribution is 2.43. The molecule has 1 amide bonds. The number of hydrogen-bond donors (Lipinski definition) is 1. The van der Waals surface area contributed by atoms with E-state index in [0.29, 0.717) is 21.8 Å². The molecule has 1 heterocycles. The molecule has 0 bridgehead atoms. The third-order valence-corrected chi connectivity index (χ3v) is 5.73. The van der Waals surface area contributed by atoms with E-state index in [9.17, 15) is 24.8 Å². The van der Waals surface area contributed by atoms with Gasteiger partial charge in [0.25, 0.3) is 17.4 Å². The van der Waals surface area contributed by atoms with E-state index < -0.39 is 22.7 Å². The van der Waals surface area contributed by atoms with E-state index in [1.165, 1.54) is 23.1 Å². The van der Waals surface area contributed by atoms with Crippen molar-refractivity contribution in [1.82, 2.24) is 0 Å². The zero-order valence-corrected chi connectivity index (χ0v) is 17.6. The molecule has 1 N–H and O–H groups in total. The molecule has 0 aliphatic carbocycles. The van der Waals surface area contributed by atoms with E-state index in [1.54, 1.807) is 61.5 Å². The highest BCUT2D eigenvalue weighted by Gasteiger charge is 2.47. The number of aliphatic hydroxyl groups is 1. The summed E-state index contributed by atoms with van der Waals surface area (Å²) in [5, 5.41) is 22.7. The Bertz CT molecular complexity index is 1290. The average molecular weight is 449 g/mol. The molecule has 0 aromatic heterocycles. The van der Waals surface area contributed by atoms with Crippen molar-refractivity contribution in [3.8, 4) is 0 Å². The van der Waals surface area contributed by atoms with Crippen molar-refractivity contribution in [2.24, 2.45) is 0 Å². The summed E-state index contributed by atoms with van der Waals surface area (Å²) in [7, 11) is 0. The predicted molar refractivity (Wildman–Crippen MR) is 121 cm³/mol. The molecule has 7 nitrogen and oxygen atoms in total. The molecule has 0 saturated carbocycles. The van der Waals surface area contributed by atoms with Gasteiger partial charge in [0.1, 0.15) is 5.76 Å². The van der Waals surface area contributed by atoms with Gasteiger partial charge in [0.2, 0.25) is 0 Å². The van der Waals surface area contributed by atoms with Crippen LogP contribution in [0.1, 0.15) is 22.7 Å². The monoisotopic (exact) mass is 448 g/mol. The van der Waals surface area contributed by atoms with E-state index in [4.69, 9.17) is 11.6 Å². The van der Waals surface area contributed by atoms with Crippen LogP contribution in [0.25, 0.3) is 5.76 Å². The maximum absolute atomic E-state index is 13.1. The Morgan fingerprint density at radius 2 is 1.75 bits per heavy atom. The Labute approximate surface area is 188 Å². The number of non-ortho nitro benzene ring substituents is 1. The van der Waals surface area contributed by atoms with Crippen molar-refractivity contribution in [1.29, 1.82) is 0 Å². The van der Waals surface area contributed by atoms with Crippen LogP contribution in [0.2, 0.25) is 5.02 Å². The molecule has 1 saturated heterocycles. The molecule has 0 radical (unpaired) electrons. The van der Waals surface area contributed by atoms with E-state index in [2.05, 4.69) is 0 Å².